The third-order valence-electron chi connectivity index (χ3n) is 7.39. The van der Waals surface area contributed by atoms with Gasteiger partial charge in [0.2, 0.25) is 11.8 Å². The van der Waals surface area contributed by atoms with Crippen molar-refractivity contribution in [3.8, 4) is 0 Å². The van der Waals surface area contributed by atoms with E-state index in [0.29, 0.717) is 31.3 Å². The fourth-order valence-corrected chi connectivity index (χ4v) is 5.39. The first-order valence-electron chi connectivity index (χ1n) is 12.6. The highest BCUT2D eigenvalue weighted by Gasteiger charge is 2.29. The zero-order valence-corrected chi connectivity index (χ0v) is 19.7. The molecule has 1 aliphatic carbocycles. The number of piperidine rings is 1. The van der Waals surface area contributed by atoms with E-state index >= 15 is 0 Å². The van der Waals surface area contributed by atoms with Crippen molar-refractivity contribution in [3.05, 3.63) is 41.8 Å². The average molecular weight is 470 g/mol. The Balaban J connectivity index is 1.33. The van der Waals surface area contributed by atoms with E-state index in [0.717, 1.165) is 31.6 Å². The van der Waals surface area contributed by atoms with Gasteiger partial charge in [-0.25, -0.2) is 5.48 Å². The lowest BCUT2D eigenvalue weighted by atomic mass is 9.84. The van der Waals surface area contributed by atoms with Gasteiger partial charge in [0, 0.05) is 37.8 Å². The first kappa shape index (κ1) is 24.3. The Morgan fingerprint density at radius 2 is 1.85 bits per heavy atom. The van der Waals surface area contributed by atoms with Crippen LogP contribution in [-0.4, -0.2) is 50.1 Å². The normalized spacial score (nSPS) is 18.6. The van der Waals surface area contributed by atoms with Crippen molar-refractivity contribution in [2.75, 3.05) is 13.1 Å². The van der Waals surface area contributed by atoms with Crippen molar-refractivity contribution in [1.82, 2.24) is 25.5 Å². The van der Waals surface area contributed by atoms with Crippen LogP contribution >= 0.6 is 0 Å². The second-order valence-electron chi connectivity index (χ2n) is 9.67. The number of nitrogens with zero attached hydrogens (tertiary/aromatic N) is 4. The highest BCUT2D eigenvalue weighted by Crippen LogP contribution is 2.32. The predicted octanol–water partition coefficient (Wildman–Crippen LogP) is 4.21. The molecule has 2 fully saturated rings. The largest absolute Gasteiger partial charge is 0.338 e. The van der Waals surface area contributed by atoms with Gasteiger partial charge < -0.3 is 9.42 Å². The van der Waals surface area contributed by atoms with Gasteiger partial charge in [-0.2, -0.15) is 4.98 Å². The first-order chi connectivity index (χ1) is 16.6. The molecule has 0 spiro atoms. The summed E-state index contributed by atoms with van der Waals surface area (Å²) in [6, 6.07) is 4.06. The summed E-state index contributed by atoms with van der Waals surface area (Å²) in [6.45, 7) is 1.26. The lowest BCUT2D eigenvalue weighted by Gasteiger charge is -2.31. The highest BCUT2D eigenvalue weighted by molar-refractivity contribution is 5.90. The molecule has 1 aliphatic heterocycles. The van der Waals surface area contributed by atoms with Crippen LogP contribution < -0.4 is 5.48 Å². The van der Waals surface area contributed by atoms with Gasteiger partial charge in [0.25, 0.3) is 11.7 Å². The maximum absolute atomic E-state index is 13.0. The summed E-state index contributed by atoms with van der Waals surface area (Å²) in [6.07, 6.45) is 14.7. The van der Waals surface area contributed by atoms with Crippen LogP contribution in [0.4, 0.5) is 0 Å². The third kappa shape index (κ3) is 6.40. The number of nitrogens with one attached hydrogen (secondary N) is 1. The summed E-state index contributed by atoms with van der Waals surface area (Å²) in [5.74, 6) is 0.445. The van der Waals surface area contributed by atoms with Crippen molar-refractivity contribution in [3.63, 3.8) is 0 Å². The summed E-state index contributed by atoms with van der Waals surface area (Å²) < 4.78 is 5.44. The third-order valence-corrected chi connectivity index (χ3v) is 7.39. The minimum absolute atomic E-state index is 0.0408. The number of amides is 2. The Labute approximate surface area is 200 Å². The van der Waals surface area contributed by atoms with Crippen molar-refractivity contribution >= 4 is 11.8 Å². The molecule has 2 aromatic rings. The molecule has 184 valence electrons. The Kier molecular flexibility index (Phi) is 8.62. The van der Waals surface area contributed by atoms with Crippen LogP contribution in [0.3, 0.4) is 0 Å². The molecule has 2 aliphatic rings. The molecule has 2 aromatic heterocycles. The van der Waals surface area contributed by atoms with E-state index in [1.807, 2.05) is 12.1 Å². The monoisotopic (exact) mass is 469 g/mol. The van der Waals surface area contributed by atoms with Crippen LogP contribution in [0.1, 0.15) is 105 Å². The van der Waals surface area contributed by atoms with E-state index in [4.69, 9.17) is 9.73 Å². The Morgan fingerprint density at radius 1 is 1.12 bits per heavy atom. The molecular formula is C25H35N5O4. The molecule has 0 unspecified atom stereocenters. The fraction of sp³-hybridized carbons (Fsp3) is 0.640. The molecule has 3 heterocycles. The SMILES string of the molecule is O=C(C[C@H](CCCC1CCCCC1)c1nc(C(=O)N2CCC(c3ccncc3)CC2)no1)NO. The predicted molar refractivity (Wildman–Crippen MR) is 124 cm³/mol. The van der Waals surface area contributed by atoms with Crippen molar-refractivity contribution in [1.29, 1.82) is 0 Å². The Morgan fingerprint density at radius 3 is 2.56 bits per heavy atom. The Hall–Kier alpha value is -2.81. The summed E-state index contributed by atoms with van der Waals surface area (Å²) in [7, 11) is 0. The van der Waals surface area contributed by atoms with Crippen LogP contribution in [0.2, 0.25) is 0 Å². The number of carbonyl (C=O) groups is 2. The molecule has 34 heavy (non-hydrogen) atoms. The number of pyridine rings is 1. The summed E-state index contributed by atoms with van der Waals surface area (Å²) in [4.78, 5) is 35.1. The average Bonchev–Trinajstić information content (AvgIpc) is 3.39. The van der Waals surface area contributed by atoms with E-state index in [1.165, 1.54) is 37.7 Å². The fourth-order valence-electron chi connectivity index (χ4n) is 5.39. The molecule has 9 heteroatoms. The van der Waals surface area contributed by atoms with Crippen LogP contribution in [0.25, 0.3) is 0 Å². The molecule has 0 aromatic carbocycles. The number of likely N-dealkylation sites (tertiary alicyclic amines) is 1. The van der Waals surface area contributed by atoms with Crippen LogP contribution in [0, 0.1) is 5.92 Å². The zero-order chi connectivity index (χ0) is 23.8. The lowest BCUT2D eigenvalue weighted by molar-refractivity contribution is -0.129. The van der Waals surface area contributed by atoms with Gasteiger partial charge in [0.05, 0.1) is 0 Å². The second-order valence-corrected chi connectivity index (χ2v) is 9.67. The first-order valence-corrected chi connectivity index (χ1v) is 12.6. The van der Waals surface area contributed by atoms with Gasteiger partial charge in [-0.1, -0.05) is 50.1 Å². The molecule has 1 saturated carbocycles. The second kappa shape index (κ2) is 12.1. The number of rotatable bonds is 9. The zero-order valence-electron chi connectivity index (χ0n) is 19.7. The van der Waals surface area contributed by atoms with E-state index in [-0.39, 0.29) is 24.1 Å². The highest BCUT2D eigenvalue weighted by atomic mass is 16.5. The number of aromatic nitrogens is 3. The molecular weight excluding hydrogens is 434 g/mol. The molecule has 1 saturated heterocycles. The molecule has 4 rings (SSSR count). The summed E-state index contributed by atoms with van der Waals surface area (Å²) >= 11 is 0. The number of carbonyl (C=O) groups excluding carboxylic acids is 2. The number of hydrogen-bond acceptors (Lipinski definition) is 7. The van der Waals surface area contributed by atoms with Gasteiger partial charge in [-0.3, -0.25) is 19.8 Å². The van der Waals surface area contributed by atoms with Crippen LogP contribution in [-0.2, 0) is 4.79 Å². The smallest absolute Gasteiger partial charge is 0.295 e. The number of hydrogen-bond donors (Lipinski definition) is 2. The van der Waals surface area contributed by atoms with Gasteiger partial charge in [-0.15, -0.1) is 0 Å². The number of hydroxylamine groups is 1. The van der Waals surface area contributed by atoms with E-state index in [1.54, 1.807) is 22.8 Å². The van der Waals surface area contributed by atoms with Crippen molar-refractivity contribution in [2.24, 2.45) is 5.92 Å². The molecule has 0 bridgehead atoms. The maximum Gasteiger partial charge on any atom is 0.295 e. The quantitative estimate of drug-likeness (QED) is 0.417. The summed E-state index contributed by atoms with van der Waals surface area (Å²) in [5, 5.41) is 12.9. The van der Waals surface area contributed by atoms with Gasteiger partial charge >= 0.3 is 0 Å². The van der Waals surface area contributed by atoms with Crippen molar-refractivity contribution in [2.45, 2.75) is 82.5 Å². The van der Waals surface area contributed by atoms with E-state index in [2.05, 4.69) is 15.1 Å². The molecule has 9 nitrogen and oxygen atoms in total. The molecule has 2 N–H and O–H groups in total. The van der Waals surface area contributed by atoms with Gasteiger partial charge in [0.15, 0.2) is 0 Å². The Bertz CT molecular complexity index is 920. The standard InChI is InChI=1S/C25H35N5O4/c31-22(28-33)17-21(8-4-7-18-5-2-1-3-6-18)24-27-23(29-34-24)25(32)30-15-11-20(12-16-30)19-9-13-26-14-10-19/h9-10,13-14,18,20-21,33H,1-8,11-12,15-17H2,(H,28,31)/t21-/m0/s1. The molecule has 1 atom stereocenters. The van der Waals surface area contributed by atoms with Crippen LogP contribution in [0.15, 0.2) is 29.0 Å². The van der Waals surface area contributed by atoms with Gasteiger partial charge in [-0.05, 0) is 48.8 Å². The molecule has 2 amide bonds. The maximum atomic E-state index is 13.0. The minimum atomic E-state index is -0.494. The van der Waals surface area contributed by atoms with Gasteiger partial charge in [0.1, 0.15) is 0 Å². The van der Waals surface area contributed by atoms with Crippen LogP contribution in [0.5, 0.6) is 0 Å². The minimum Gasteiger partial charge on any atom is -0.338 e. The van der Waals surface area contributed by atoms with E-state index in [9.17, 15) is 9.59 Å². The molecule has 0 radical (unpaired) electrons. The topological polar surface area (TPSA) is 121 Å². The van der Waals surface area contributed by atoms with E-state index < -0.39 is 5.91 Å². The lowest BCUT2D eigenvalue weighted by Crippen LogP contribution is -2.38. The summed E-state index contributed by atoms with van der Waals surface area (Å²) in [5.41, 5.74) is 2.95. The van der Waals surface area contributed by atoms with Crippen molar-refractivity contribution < 1.29 is 19.3 Å².